The van der Waals surface area contributed by atoms with E-state index < -0.39 is 31.2 Å². The maximum absolute atomic E-state index is 8.74. The standard InChI is InChI=1S/2K.2Mg.3H2O4S/c;;;;3*1-5(2,3)4/h;;;;3*(H2,1,2,3,4)/q2*+1;2*+2;;;. The van der Waals surface area contributed by atoms with Gasteiger partial charge < -0.3 is 0 Å². The maximum atomic E-state index is 8.74. The van der Waals surface area contributed by atoms with E-state index in [2.05, 4.69) is 0 Å². The van der Waals surface area contributed by atoms with Gasteiger partial charge in [0.05, 0.1) is 0 Å². The van der Waals surface area contributed by atoms with Crippen LogP contribution in [0.4, 0.5) is 0 Å². The van der Waals surface area contributed by atoms with Crippen LogP contribution >= 0.6 is 0 Å². The molecular formula is H6K2Mg2O12S3+6. The Morgan fingerprint density at radius 3 is 0.421 bits per heavy atom. The van der Waals surface area contributed by atoms with Crippen LogP contribution in [0.2, 0.25) is 0 Å². The monoisotopic (exact) mass is 420 g/mol. The van der Waals surface area contributed by atoms with Gasteiger partial charge in [-0.15, -0.1) is 0 Å². The molecule has 0 radical (unpaired) electrons. The fourth-order valence-electron chi connectivity index (χ4n) is 0. The van der Waals surface area contributed by atoms with Crippen molar-refractivity contribution in [3.63, 3.8) is 0 Å². The summed E-state index contributed by atoms with van der Waals surface area (Å²) in [4.78, 5) is 0. The van der Waals surface area contributed by atoms with Crippen LogP contribution in [0.25, 0.3) is 0 Å². The molecule has 0 aromatic rings. The second kappa shape index (κ2) is 20.5. The molecular weight excluding hydrogens is 415 g/mol. The summed E-state index contributed by atoms with van der Waals surface area (Å²) in [6.45, 7) is 0. The van der Waals surface area contributed by atoms with Crippen LogP contribution in [0.3, 0.4) is 0 Å². The normalized spacial score (nSPS) is 9.16. The first-order valence-corrected chi connectivity index (χ1v) is 6.29. The van der Waals surface area contributed by atoms with Crippen LogP contribution in [0.1, 0.15) is 0 Å². The van der Waals surface area contributed by atoms with Gasteiger partial charge in [-0.2, -0.15) is 25.3 Å². The second-order valence-corrected chi connectivity index (χ2v) is 4.03. The van der Waals surface area contributed by atoms with Crippen molar-refractivity contribution >= 4 is 77.3 Å². The molecule has 0 unspecified atom stereocenters. The quantitative estimate of drug-likeness (QED) is 0.158. The Bertz CT molecular complexity index is 350. The molecule has 0 saturated carbocycles. The molecule has 19 heavy (non-hydrogen) atoms. The first-order chi connectivity index (χ1) is 6.00. The van der Waals surface area contributed by atoms with Gasteiger partial charge in [0.1, 0.15) is 0 Å². The minimum atomic E-state index is -4.67. The molecule has 0 aliphatic carbocycles. The number of hydrogen-bond acceptors (Lipinski definition) is 6. The number of hydrogen-bond donors (Lipinski definition) is 6. The van der Waals surface area contributed by atoms with Gasteiger partial charge in [-0.1, -0.05) is 0 Å². The second-order valence-electron chi connectivity index (χ2n) is 1.34. The van der Waals surface area contributed by atoms with E-state index in [0.29, 0.717) is 0 Å². The fourth-order valence-corrected chi connectivity index (χ4v) is 0. The van der Waals surface area contributed by atoms with Crippen LogP contribution in [-0.4, -0.2) is 98.7 Å². The predicted molar refractivity (Wildman–Crippen MR) is 54.0 cm³/mol. The molecule has 6 N–H and O–H groups in total. The van der Waals surface area contributed by atoms with Crippen molar-refractivity contribution in [1.29, 1.82) is 0 Å². The Labute approximate surface area is 227 Å². The van der Waals surface area contributed by atoms with Gasteiger partial charge >= 0.3 is 180 Å². The molecule has 0 aromatic heterocycles. The van der Waals surface area contributed by atoms with E-state index in [9.17, 15) is 0 Å². The molecule has 0 spiro atoms. The predicted octanol–water partition coefficient (Wildman–Crippen LogP) is -8.71. The average molecular weight is 421 g/mol. The van der Waals surface area contributed by atoms with Crippen LogP contribution in [-0.2, 0) is 31.2 Å². The largest absolute Gasteiger partial charge is 2.00 e. The van der Waals surface area contributed by atoms with Crippen molar-refractivity contribution in [2.45, 2.75) is 0 Å². The smallest absolute Gasteiger partial charge is 0.264 e. The van der Waals surface area contributed by atoms with Gasteiger partial charge in [0, 0.05) is 0 Å². The van der Waals surface area contributed by atoms with E-state index in [4.69, 9.17) is 52.6 Å². The van der Waals surface area contributed by atoms with Gasteiger partial charge in [0.2, 0.25) is 0 Å². The SMILES string of the molecule is O=S(=O)(O)O.O=S(=O)(O)O.O=S(=O)(O)O.[K+].[K+].[Mg+2].[Mg+2]. The third kappa shape index (κ3) is 479. The Morgan fingerprint density at radius 2 is 0.421 bits per heavy atom. The molecule has 0 rings (SSSR count). The zero-order valence-electron chi connectivity index (χ0n) is 9.77. The molecule has 96 valence electrons. The summed E-state index contributed by atoms with van der Waals surface area (Å²) < 4.78 is 94.8. The molecule has 0 heterocycles. The van der Waals surface area contributed by atoms with Crippen molar-refractivity contribution in [1.82, 2.24) is 0 Å². The first kappa shape index (κ1) is 43.7. The van der Waals surface area contributed by atoms with Gasteiger partial charge in [0.25, 0.3) is 0 Å². The molecule has 0 atom stereocenters. The van der Waals surface area contributed by atoms with E-state index >= 15 is 0 Å². The van der Waals surface area contributed by atoms with Crippen molar-refractivity contribution in [2.24, 2.45) is 0 Å². The van der Waals surface area contributed by atoms with Crippen molar-refractivity contribution in [3.05, 3.63) is 0 Å². The molecule has 0 amide bonds. The summed E-state index contributed by atoms with van der Waals surface area (Å²) in [5, 5.41) is 0. The van der Waals surface area contributed by atoms with E-state index in [1.165, 1.54) is 0 Å². The molecule has 0 aromatic carbocycles. The summed E-state index contributed by atoms with van der Waals surface area (Å²) in [5.41, 5.74) is 0. The first-order valence-electron chi connectivity index (χ1n) is 2.10. The van der Waals surface area contributed by atoms with E-state index in [0.717, 1.165) is 0 Å². The third-order valence-electron chi connectivity index (χ3n) is 0. The minimum absolute atomic E-state index is 0. The summed E-state index contributed by atoms with van der Waals surface area (Å²) in [6, 6.07) is 0. The number of rotatable bonds is 0. The molecule has 12 nitrogen and oxygen atoms in total. The molecule has 0 bridgehead atoms. The van der Waals surface area contributed by atoms with Crippen LogP contribution in [0.15, 0.2) is 0 Å². The Kier molecular flexibility index (Phi) is 47.0. The van der Waals surface area contributed by atoms with Crippen molar-refractivity contribution in [2.75, 3.05) is 0 Å². The minimum Gasteiger partial charge on any atom is -0.264 e. The Morgan fingerprint density at radius 1 is 0.421 bits per heavy atom. The Hall–Kier alpha value is 4.42. The molecule has 0 fully saturated rings. The summed E-state index contributed by atoms with van der Waals surface area (Å²) in [7, 11) is -14.0. The van der Waals surface area contributed by atoms with Crippen LogP contribution < -0.4 is 103 Å². The van der Waals surface area contributed by atoms with E-state index in [1.54, 1.807) is 0 Å². The van der Waals surface area contributed by atoms with Gasteiger partial charge in [0.15, 0.2) is 0 Å². The van der Waals surface area contributed by atoms with E-state index in [1.807, 2.05) is 0 Å². The van der Waals surface area contributed by atoms with Crippen molar-refractivity contribution < 1.29 is 155 Å². The zero-order chi connectivity index (χ0) is 13.5. The molecule has 0 saturated heterocycles. The fraction of sp³-hybridized carbons (Fsp3) is 0. The average Bonchev–Trinajstić information content (AvgIpc) is 1.41. The molecule has 0 aliphatic heterocycles. The van der Waals surface area contributed by atoms with Crippen LogP contribution in [0, 0.1) is 0 Å². The van der Waals surface area contributed by atoms with Crippen LogP contribution in [0.5, 0.6) is 0 Å². The molecule has 0 aliphatic rings. The summed E-state index contributed by atoms with van der Waals surface area (Å²) in [6.07, 6.45) is 0. The van der Waals surface area contributed by atoms with Gasteiger partial charge in [-0.25, -0.2) is 0 Å². The zero-order valence-corrected chi connectivity index (χ0v) is 21.3. The van der Waals surface area contributed by atoms with Gasteiger partial charge in [-0.3, -0.25) is 27.3 Å². The van der Waals surface area contributed by atoms with Crippen molar-refractivity contribution in [3.8, 4) is 0 Å². The van der Waals surface area contributed by atoms with E-state index in [-0.39, 0.29) is 149 Å². The third-order valence-corrected chi connectivity index (χ3v) is 0. The Balaban J connectivity index is -0.0000000206. The molecule has 19 heteroatoms. The van der Waals surface area contributed by atoms with Gasteiger partial charge in [-0.05, 0) is 0 Å². The summed E-state index contributed by atoms with van der Waals surface area (Å²) in [5.74, 6) is 0. The summed E-state index contributed by atoms with van der Waals surface area (Å²) >= 11 is 0. The maximum Gasteiger partial charge on any atom is 2.00 e. The topological polar surface area (TPSA) is 224 Å².